The van der Waals surface area contributed by atoms with E-state index in [2.05, 4.69) is 10.9 Å². The van der Waals surface area contributed by atoms with Crippen LogP contribution in [-0.2, 0) is 9.59 Å². The molecule has 0 bridgehead atoms. The second-order valence-corrected chi connectivity index (χ2v) is 5.74. The number of carbonyl (C=O) groups is 2. The van der Waals surface area contributed by atoms with E-state index in [1.165, 1.54) is 24.3 Å². The van der Waals surface area contributed by atoms with Gasteiger partial charge in [0, 0.05) is 17.2 Å². The second kappa shape index (κ2) is 9.39. The number of nitrogens with zero attached hydrogens (tertiary/aromatic N) is 1. The maximum Gasteiger partial charge on any atom is 0.276 e. The van der Waals surface area contributed by atoms with Crippen LogP contribution in [0.3, 0.4) is 0 Å². The van der Waals surface area contributed by atoms with Gasteiger partial charge in [0.15, 0.2) is 13.2 Å². The monoisotopic (exact) mass is 393 g/mol. The number of halogens is 1. The molecule has 2 aromatic carbocycles. The molecule has 0 heterocycles. The van der Waals surface area contributed by atoms with Gasteiger partial charge in [0.1, 0.15) is 11.5 Å². The van der Waals surface area contributed by atoms with Crippen molar-refractivity contribution in [2.75, 3.05) is 13.2 Å². The van der Waals surface area contributed by atoms with Crippen LogP contribution in [0.4, 0.5) is 5.69 Å². The van der Waals surface area contributed by atoms with Crippen LogP contribution in [0, 0.1) is 17.0 Å². The van der Waals surface area contributed by atoms with Gasteiger partial charge in [-0.05, 0) is 42.8 Å². The Hall–Kier alpha value is -3.33. The van der Waals surface area contributed by atoms with Crippen molar-refractivity contribution in [3.8, 4) is 11.5 Å². The zero-order chi connectivity index (χ0) is 19.8. The van der Waals surface area contributed by atoms with Gasteiger partial charge in [-0.25, -0.2) is 0 Å². The summed E-state index contributed by atoms with van der Waals surface area (Å²) >= 11 is 5.90. The van der Waals surface area contributed by atoms with Gasteiger partial charge in [-0.15, -0.1) is 0 Å². The lowest BCUT2D eigenvalue weighted by Crippen LogP contribution is -2.45. The molecule has 0 aromatic heterocycles. The third kappa shape index (κ3) is 6.48. The highest BCUT2D eigenvalue weighted by Gasteiger charge is 2.08. The summed E-state index contributed by atoms with van der Waals surface area (Å²) in [6, 6.07) is 10.2. The van der Waals surface area contributed by atoms with E-state index in [0.29, 0.717) is 10.8 Å². The SMILES string of the molecule is Cc1cc(OCC(=O)NNC(=O)COc2ccc([N+](=O)[O-])cc2)ccc1Cl. The van der Waals surface area contributed by atoms with E-state index < -0.39 is 16.7 Å². The van der Waals surface area contributed by atoms with Gasteiger partial charge in [-0.3, -0.25) is 30.6 Å². The Labute approximate surface area is 159 Å². The Kier molecular flexibility index (Phi) is 6.95. The van der Waals surface area contributed by atoms with Crippen molar-refractivity contribution in [2.45, 2.75) is 6.92 Å². The number of ether oxygens (including phenoxy) is 2. The topological polar surface area (TPSA) is 120 Å². The van der Waals surface area contributed by atoms with Gasteiger partial charge in [0.25, 0.3) is 17.5 Å². The Morgan fingerprint density at radius 1 is 1.00 bits per heavy atom. The second-order valence-electron chi connectivity index (χ2n) is 5.34. The summed E-state index contributed by atoms with van der Waals surface area (Å²) < 4.78 is 10.4. The minimum atomic E-state index is -0.607. The average Bonchev–Trinajstić information content (AvgIpc) is 2.66. The molecule has 2 N–H and O–H groups in total. The molecule has 0 saturated carbocycles. The van der Waals surface area contributed by atoms with Crippen LogP contribution in [-0.4, -0.2) is 30.0 Å². The number of rotatable bonds is 7. The fourth-order valence-corrected chi connectivity index (χ4v) is 2.00. The first-order valence-corrected chi connectivity index (χ1v) is 8.07. The van der Waals surface area contributed by atoms with Gasteiger partial charge in [-0.2, -0.15) is 0 Å². The Morgan fingerprint density at radius 2 is 1.52 bits per heavy atom. The summed E-state index contributed by atoms with van der Waals surface area (Å²) in [5.74, 6) is -0.418. The third-order valence-corrected chi connectivity index (χ3v) is 3.68. The van der Waals surface area contributed by atoms with E-state index >= 15 is 0 Å². The summed E-state index contributed by atoms with van der Waals surface area (Å²) in [5.41, 5.74) is 5.07. The highest BCUT2D eigenvalue weighted by atomic mass is 35.5. The number of amides is 2. The van der Waals surface area contributed by atoms with Crippen molar-refractivity contribution in [1.29, 1.82) is 0 Å². The molecule has 27 heavy (non-hydrogen) atoms. The molecule has 10 heteroatoms. The first-order chi connectivity index (χ1) is 12.8. The van der Waals surface area contributed by atoms with Gasteiger partial charge >= 0.3 is 0 Å². The molecule has 0 aliphatic heterocycles. The molecule has 0 fully saturated rings. The van der Waals surface area contributed by atoms with Crippen LogP contribution >= 0.6 is 11.6 Å². The van der Waals surface area contributed by atoms with Crippen molar-refractivity contribution in [3.63, 3.8) is 0 Å². The quantitative estimate of drug-likeness (QED) is 0.549. The number of nitro groups is 1. The van der Waals surface area contributed by atoms with Crippen LogP contribution in [0.15, 0.2) is 42.5 Å². The number of hydrazine groups is 1. The molecule has 0 aliphatic carbocycles. The van der Waals surface area contributed by atoms with Crippen molar-refractivity contribution in [2.24, 2.45) is 0 Å². The van der Waals surface area contributed by atoms with Gasteiger partial charge in [0.2, 0.25) is 0 Å². The predicted molar refractivity (Wildman–Crippen MR) is 96.6 cm³/mol. The van der Waals surface area contributed by atoms with Crippen molar-refractivity contribution >= 4 is 29.1 Å². The molecule has 2 rings (SSSR count). The van der Waals surface area contributed by atoms with E-state index in [1.54, 1.807) is 25.1 Å². The van der Waals surface area contributed by atoms with E-state index in [4.69, 9.17) is 21.1 Å². The van der Waals surface area contributed by atoms with Crippen molar-refractivity contribution < 1.29 is 24.0 Å². The highest BCUT2D eigenvalue weighted by Crippen LogP contribution is 2.21. The first-order valence-electron chi connectivity index (χ1n) is 7.69. The Bertz CT molecular complexity index is 841. The van der Waals surface area contributed by atoms with Crippen molar-refractivity contribution in [3.05, 3.63) is 63.2 Å². The van der Waals surface area contributed by atoms with Gasteiger partial charge in [-0.1, -0.05) is 11.6 Å². The van der Waals surface area contributed by atoms with Crippen LogP contribution in [0.25, 0.3) is 0 Å². The molecule has 142 valence electrons. The molecule has 2 amide bonds. The summed E-state index contributed by atoms with van der Waals surface area (Å²) in [6.07, 6.45) is 0. The molecular formula is C17H16ClN3O6. The number of benzene rings is 2. The minimum Gasteiger partial charge on any atom is -0.484 e. The molecule has 0 radical (unpaired) electrons. The fourth-order valence-electron chi connectivity index (χ4n) is 1.88. The molecule has 0 aliphatic rings. The zero-order valence-corrected chi connectivity index (χ0v) is 15.0. The molecule has 0 unspecified atom stereocenters. The van der Waals surface area contributed by atoms with Gasteiger partial charge in [0.05, 0.1) is 4.92 Å². The standard InChI is InChI=1S/C17H16ClN3O6/c1-11-8-14(6-7-15(11)18)27-10-17(23)20-19-16(22)9-26-13-4-2-12(3-5-13)21(24)25/h2-8H,9-10H2,1H3,(H,19,22)(H,20,23). The summed E-state index contributed by atoms with van der Waals surface area (Å²) in [5, 5.41) is 11.1. The summed E-state index contributed by atoms with van der Waals surface area (Å²) in [4.78, 5) is 33.3. The van der Waals surface area contributed by atoms with E-state index in [1.807, 2.05) is 0 Å². The molecule has 0 saturated heterocycles. The number of nitro benzene ring substituents is 1. The Morgan fingerprint density at radius 3 is 2.04 bits per heavy atom. The first kappa shape index (κ1) is 20.0. The van der Waals surface area contributed by atoms with Crippen LogP contribution in [0.1, 0.15) is 5.56 Å². The fraction of sp³-hybridized carbons (Fsp3) is 0.176. The minimum absolute atomic E-state index is 0.0880. The summed E-state index contributed by atoms with van der Waals surface area (Å²) in [7, 11) is 0. The molecule has 2 aromatic rings. The lowest BCUT2D eigenvalue weighted by molar-refractivity contribution is -0.384. The molecule has 0 spiro atoms. The van der Waals surface area contributed by atoms with Crippen molar-refractivity contribution in [1.82, 2.24) is 10.9 Å². The zero-order valence-electron chi connectivity index (χ0n) is 14.2. The smallest absolute Gasteiger partial charge is 0.276 e. The van der Waals surface area contributed by atoms with Crippen LogP contribution in [0.2, 0.25) is 5.02 Å². The normalized spacial score (nSPS) is 10.0. The lowest BCUT2D eigenvalue weighted by Gasteiger charge is -2.10. The molecular weight excluding hydrogens is 378 g/mol. The van der Waals surface area contributed by atoms with E-state index in [0.717, 1.165) is 5.56 Å². The third-order valence-electron chi connectivity index (χ3n) is 3.26. The van der Waals surface area contributed by atoms with Crippen LogP contribution in [0.5, 0.6) is 11.5 Å². The Balaban J connectivity index is 1.69. The maximum absolute atomic E-state index is 11.7. The number of hydrogen-bond acceptors (Lipinski definition) is 6. The van der Waals surface area contributed by atoms with Gasteiger partial charge < -0.3 is 9.47 Å². The number of hydrogen-bond donors (Lipinski definition) is 2. The van der Waals surface area contributed by atoms with E-state index in [-0.39, 0.29) is 24.7 Å². The average molecular weight is 394 g/mol. The maximum atomic E-state index is 11.7. The van der Waals surface area contributed by atoms with E-state index in [9.17, 15) is 19.7 Å². The molecule has 0 atom stereocenters. The largest absolute Gasteiger partial charge is 0.484 e. The number of carbonyl (C=O) groups excluding carboxylic acids is 2. The van der Waals surface area contributed by atoms with Crippen LogP contribution < -0.4 is 20.3 Å². The summed E-state index contributed by atoms with van der Waals surface area (Å²) in [6.45, 7) is 1.13. The highest BCUT2D eigenvalue weighted by molar-refractivity contribution is 6.31. The predicted octanol–water partition coefficient (Wildman–Crippen LogP) is 2.16. The molecule has 9 nitrogen and oxygen atoms in total. The number of aryl methyl sites for hydroxylation is 1. The lowest BCUT2D eigenvalue weighted by atomic mass is 10.2. The number of nitrogens with one attached hydrogen (secondary N) is 2. The number of non-ortho nitro benzene ring substituents is 1.